The van der Waals surface area contributed by atoms with Crippen molar-refractivity contribution in [1.29, 1.82) is 0 Å². The van der Waals surface area contributed by atoms with Crippen LogP contribution in [0.3, 0.4) is 0 Å². The highest BCUT2D eigenvalue weighted by Gasteiger charge is 2.28. The Labute approximate surface area is 162 Å². The summed E-state index contributed by atoms with van der Waals surface area (Å²) >= 11 is 1.31. The van der Waals surface area contributed by atoms with E-state index in [-0.39, 0.29) is 12.1 Å². The highest BCUT2D eigenvalue weighted by molar-refractivity contribution is 7.20. The smallest absolute Gasteiger partial charge is 0.410 e. The Hall–Kier alpha value is -2.42. The van der Waals surface area contributed by atoms with Crippen LogP contribution >= 0.6 is 11.3 Å². The molecule has 0 aliphatic carbocycles. The molecule has 0 spiro atoms. The average molecular weight is 392 g/mol. The second kappa shape index (κ2) is 7.30. The topological polar surface area (TPSA) is 84.9 Å². The Balaban J connectivity index is 1.80. The van der Waals surface area contributed by atoms with Gasteiger partial charge in [0.2, 0.25) is 0 Å². The molecule has 2 aromatic heterocycles. The molecule has 0 radical (unpaired) electrons. The monoisotopic (exact) mass is 392 g/mol. The lowest BCUT2D eigenvalue weighted by Gasteiger charge is -2.36. The molecule has 1 aliphatic heterocycles. The number of aromatic nitrogens is 2. The molecular formula is C18H24N4O4S. The zero-order valence-corrected chi connectivity index (χ0v) is 17.1. The lowest BCUT2D eigenvalue weighted by atomic mass is 10.2. The summed E-state index contributed by atoms with van der Waals surface area (Å²) < 4.78 is 10.3. The van der Waals surface area contributed by atoms with Crippen LogP contribution in [0.25, 0.3) is 10.2 Å². The van der Waals surface area contributed by atoms with Crippen LogP contribution < -0.4 is 4.90 Å². The van der Waals surface area contributed by atoms with Gasteiger partial charge in [-0.2, -0.15) is 0 Å². The molecule has 1 fully saturated rings. The SMILES string of the molecule is COC(=O)c1sc2ncnc(N3CCN(C(=O)OC(C)(C)C)CC3)c2c1C. The van der Waals surface area contributed by atoms with E-state index in [1.807, 2.05) is 27.7 Å². The lowest BCUT2D eigenvalue weighted by Crippen LogP contribution is -2.50. The van der Waals surface area contributed by atoms with E-state index in [4.69, 9.17) is 9.47 Å². The first-order chi connectivity index (χ1) is 12.7. The van der Waals surface area contributed by atoms with Crippen molar-refractivity contribution in [3.8, 4) is 0 Å². The van der Waals surface area contributed by atoms with E-state index >= 15 is 0 Å². The predicted molar refractivity (Wildman–Crippen MR) is 104 cm³/mol. The minimum atomic E-state index is -0.509. The van der Waals surface area contributed by atoms with Gasteiger partial charge in [-0.15, -0.1) is 11.3 Å². The van der Waals surface area contributed by atoms with Gasteiger partial charge in [-0.3, -0.25) is 0 Å². The highest BCUT2D eigenvalue weighted by atomic mass is 32.1. The highest BCUT2D eigenvalue weighted by Crippen LogP contribution is 2.35. The first-order valence-electron chi connectivity index (χ1n) is 8.76. The fourth-order valence-electron chi connectivity index (χ4n) is 3.01. The molecule has 0 saturated carbocycles. The van der Waals surface area contributed by atoms with Crippen molar-refractivity contribution in [1.82, 2.24) is 14.9 Å². The second-order valence-corrected chi connectivity index (χ2v) is 8.38. The molecule has 1 saturated heterocycles. The number of amides is 1. The van der Waals surface area contributed by atoms with Crippen molar-refractivity contribution in [3.63, 3.8) is 0 Å². The maximum atomic E-state index is 12.2. The van der Waals surface area contributed by atoms with Gasteiger partial charge in [0.15, 0.2) is 0 Å². The number of rotatable bonds is 2. The number of hydrogen-bond donors (Lipinski definition) is 0. The van der Waals surface area contributed by atoms with Gasteiger partial charge in [0.25, 0.3) is 0 Å². The van der Waals surface area contributed by atoms with E-state index in [2.05, 4.69) is 14.9 Å². The molecular weight excluding hydrogens is 368 g/mol. The van der Waals surface area contributed by atoms with Crippen LogP contribution in [0.2, 0.25) is 0 Å². The van der Waals surface area contributed by atoms with Gasteiger partial charge in [0, 0.05) is 26.2 Å². The number of esters is 1. The van der Waals surface area contributed by atoms with Crippen LogP contribution in [0.4, 0.5) is 10.6 Å². The number of carbonyl (C=O) groups is 2. The van der Waals surface area contributed by atoms with Crippen molar-refractivity contribution in [2.24, 2.45) is 0 Å². The maximum absolute atomic E-state index is 12.2. The van der Waals surface area contributed by atoms with Crippen molar-refractivity contribution < 1.29 is 19.1 Å². The molecule has 1 amide bonds. The van der Waals surface area contributed by atoms with Crippen molar-refractivity contribution in [2.75, 3.05) is 38.2 Å². The Kier molecular flexibility index (Phi) is 5.23. The number of thiophene rings is 1. The minimum absolute atomic E-state index is 0.297. The molecule has 0 bridgehead atoms. The Morgan fingerprint density at radius 2 is 1.81 bits per heavy atom. The second-order valence-electron chi connectivity index (χ2n) is 7.38. The summed E-state index contributed by atoms with van der Waals surface area (Å²) in [5, 5.41) is 0.869. The van der Waals surface area contributed by atoms with Gasteiger partial charge in [0.05, 0.1) is 12.5 Å². The van der Waals surface area contributed by atoms with Crippen molar-refractivity contribution >= 4 is 39.4 Å². The van der Waals surface area contributed by atoms with Crippen LogP contribution in [0.15, 0.2) is 6.33 Å². The molecule has 9 heteroatoms. The summed E-state index contributed by atoms with van der Waals surface area (Å²) in [4.78, 5) is 38.1. The van der Waals surface area contributed by atoms with Gasteiger partial charge in [-0.05, 0) is 33.3 Å². The molecule has 0 aromatic carbocycles. The van der Waals surface area contributed by atoms with Gasteiger partial charge in [-0.25, -0.2) is 19.6 Å². The standard InChI is InChI=1S/C18H24N4O4S/c1-11-12-14(19-10-20-15(12)27-13(11)16(23)25-5)21-6-8-22(9-7-21)17(24)26-18(2,3)4/h10H,6-9H2,1-5H3. The molecule has 146 valence electrons. The normalized spacial score (nSPS) is 15.1. The molecule has 3 rings (SSSR count). The number of fused-ring (bicyclic) bond motifs is 1. The number of aryl methyl sites for hydroxylation is 1. The summed E-state index contributed by atoms with van der Waals surface area (Å²) in [5.74, 6) is 0.420. The number of hydrogen-bond acceptors (Lipinski definition) is 8. The van der Waals surface area contributed by atoms with E-state index in [9.17, 15) is 9.59 Å². The predicted octanol–water partition coefficient (Wildman–Crippen LogP) is 2.84. The number of methoxy groups -OCH3 is 1. The first kappa shape index (κ1) is 19.3. The Morgan fingerprint density at radius 1 is 1.15 bits per heavy atom. The summed E-state index contributed by atoms with van der Waals surface area (Å²) in [6.45, 7) is 9.82. The Morgan fingerprint density at radius 3 is 2.41 bits per heavy atom. The fourth-order valence-corrected chi connectivity index (χ4v) is 4.07. The molecule has 8 nitrogen and oxygen atoms in total. The largest absolute Gasteiger partial charge is 0.465 e. The van der Waals surface area contributed by atoms with E-state index < -0.39 is 5.60 Å². The Bertz CT molecular complexity index is 866. The van der Waals surface area contributed by atoms with Gasteiger partial charge >= 0.3 is 12.1 Å². The third kappa shape index (κ3) is 3.97. The summed E-state index contributed by atoms with van der Waals surface area (Å²) in [6.07, 6.45) is 1.21. The van der Waals surface area contributed by atoms with E-state index in [1.165, 1.54) is 24.8 Å². The molecule has 2 aromatic rings. The summed E-state index contributed by atoms with van der Waals surface area (Å²) in [5.41, 5.74) is 0.317. The number of nitrogens with zero attached hydrogens (tertiary/aromatic N) is 4. The van der Waals surface area contributed by atoms with Crippen LogP contribution in [-0.4, -0.2) is 65.8 Å². The van der Waals surface area contributed by atoms with Crippen LogP contribution in [-0.2, 0) is 9.47 Å². The summed E-state index contributed by atoms with van der Waals surface area (Å²) in [6, 6.07) is 0. The van der Waals surface area contributed by atoms with Gasteiger partial charge < -0.3 is 19.3 Å². The zero-order chi connectivity index (χ0) is 19.8. The van der Waals surface area contributed by atoms with E-state index in [0.717, 1.165) is 21.6 Å². The average Bonchev–Trinajstić information content (AvgIpc) is 2.97. The third-order valence-corrected chi connectivity index (χ3v) is 5.49. The summed E-state index contributed by atoms with van der Waals surface area (Å²) in [7, 11) is 1.37. The minimum Gasteiger partial charge on any atom is -0.465 e. The van der Waals surface area contributed by atoms with Crippen molar-refractivity contribution in [3.05, 3.63) is 16.8 Å². The fraction of sp³-hybridized carbons (Fsp3) is 0.556. The van der Waals surface area contributed by atoms with E-state index in [1.54, 1.807) is 4.90 Å². The van der Waals surface area contributed by atoms with E-state index in [0.29, 0.717) is 31.1 Å². The molecule has 0 unspecified atom stereocenters. The van der Waals surface area contributed by atoms with Crippen molar-refractivity contribution in [2.45, 2.75) is 33.3 Å². The lowest BCUT2D eigenvalue weighted by molar-refractivity contribution is 0.0240. The number of carbonyl (C=O) groups excluding carboxylic acids is 2. The number of ether oxygens (including phenoxy) is 2. The third-order valence-electron chi connectivity index (χ3n) is 4.31. The molecule has 0 atom stereocenters. The van der Waals surface area contributed by atoms with Crippen LogP contribution in [0, 0.1) is 6.92 Å². The first-order valence-corrected chi connectivity index (χ1v) is 9.58. The number of anilines is 1. The molecule has 3 heterocycles. The molecule has 1 aliphatic rings. The van der Waals surface area contributed by atoms with Gasteiger partial charge in [-0.1, -0.05) is 0 Å². The maximum Gasteiger partial charge on any atom is 0.410 e. The van der Waals surface area contributed by atoms with Crippen LogP contribution in [0.1, 0.15) is 36.0 Å². The number of piperazine rings is 1. The van der Waals surface area contributed by atoms with Gasteiger partial charge in [0.1, 0.15) is 27.5 Å². The molecule has 0 N–H and O–H groups in total. The quantitative estimate of drug-likeness (QED) is 0.727. The van der Waals surface area contributed by atoms with Crippen LogP contribution in [0.5, 0.6) is 0 Å². The molecule has 27 heavy (non-hydrogen) atoms. The zero-order valence-electron chi connectivity index (χ0n) is 16.2.